The van der Waals surface area contributed by atoms with Crippen LogP contribution in [0.1, 0.15) is 138 Å². The summed E-state index contributed by atoms with van der Waals surface area (Å²) in [6, 6.07) is 5.51. The Morgan fingerprint density at radius 1 is 0.405 bits per heavy atom. The first-order valence-electron chi connectivity index (χ1n) is 17.1. The number of hydrogen-bond donors (Lipinski definition) is 0. The molecule has 0 atom stereocenters. The van der Waals surface area contributed by atoms with E-state index in [0.29, 0.717) is 16.2 Å². The molecule has 37 heavy (non-hydrogen) atoms. The smallest absolute Gasteiger partial charge is 0.00331 e. The van der Waals surface area contributed by atoms with Crippen molar-refractivity contribution in [3.8, 4) is 0 Å². The van der Waals surface area contributed by atoms with Crippen LogP contribution in [-0.4, -0.2) is 0 Å². The SMILES string of the molecule is Cc1ccc(C23CC4CC(CC(C4)C2)C3)c(C23CC4CC(CC(C4)C2)C3)c1C12CC3CC(CC(C3)C1)C2. The standard InChI is InChI=1S/C37H50/c1-22-2-3-32(35-13-23-4-24(14-35)6-25(5-23)15-35)34(37-19-29-10-30(20-37)12-31(11-29)21-37)33(22)36-16-26-7-27(17-36)9-28(8-26)18-36/h2-3,23-31H,4-21H2,1H3. The second-order valence-electron chi connectivity index (χ2n) is 17.8. The van der Waals surface area contributed by atoms with Gasteiger partial charge in [-0.3, -0.25) is 0 Å². The van der Waals surface area contributed by atoms with Crippen molar-refractivity contribution in [1.82, 2.24) is 0 Å². The largest absolute Gasteiger partial charge is 0.0587 e. The van der Waals surface area contributed by atoms with Crippen LogP contribution in [0.3, 0.4) is 0 Å². The van der Waals surface area contributed by atoms with Crippen LogP contribution in [0.2, 0.25) is 0 Å². The molecule has 0 aromatic heterocycles. The van der Waals surface area contributed by atoms with Crippen molar-refractivity contribution in [1.29, 1.82) is 0 Å². The Kier molecular flexibility index (Phi) is 4.22. The molecule has 0 aliphatic heterocycles. The van der Waals surface area contributed by atoms with Crippen LogP contribution in [0.4, 0.5) is 0 Å². The minimum Gasteiger partial charge on any atom is -0.0587 e. The van der Waals surface area contributed by atoms with Gasteiger partial charge in [0.05, 0.1) is 0 Å². The van der Waals surface area contributed by atoms with Gasteiger partial charge in [-0.25, -0.2) is 0 Å². The van der Waals surface area contributed by atoms with E-state index in [1.807, 2.05) is 11.1 Å². The third kappa shape index (κ3) is 2.93. The molecule has 0 saturated heterocycles. The Balaban J connectivity index is 1.22. The summed E-state index contributed by atoms with van der Waals surface area (Å²) in [4.78, 5) is 0. The van der Waals surface area contributed by atoms with Crippen LogP contribution in [-0.2, 0) is 16.2 Å². The third-order valence-corrected chi connectivity index (χ3v) is 15.2. The van der Waals surface area contributed by atoms with E-state index in [1.165, 1.54) is 0 Å². The van der Waals surface area contributed by atoms with E-state index < -0.39 is 0 Å². The molecular formula is C37H50. The predicted molar refractivity (Wildman–Crippen MR) is 151 cm³/mol. The zero-order chi connectivity index (χ0) is 24.1. The summed E-state index contributed by atoms with van der Waals surface area (Å²) in [5, 5.41) is 0. The van der Waals surface area contributed by atoms with Crippen molar-refractivity contribution < 1.29 is 0 Å². The van der Waals surface area contributed by atoms with E-state index in [-0.39, 0.29) is 0 Å². The number of rotatable bonds is 3. The summed E-state index contributed by atoms with van der Waals surface area (Å²) >= 11 is 0. The molecule has 0 spiro atoms. The zero-order valence-corrected chi connectivity index (χ0v) is 23.6. The van der Waals surface area contributed by atoms with Gasteiger partial charge in [0.2, 0.25) is 0 Å². The molecular weight excluding hydrogens is 444 g/mol. The maximum atomic E-state index is 2.81. The van der Waals surface area contributed by atoms with Gasteiger partial charge in [0.15, 0.2) is 0 Å². The molecule has 0 radical (unpaired) electrons. The molecule has 0 heterocycles. The average Bonchev–Trinajstić information content (AvgIpc) is 2.81. The second kappa shape index (κ2) is 7.10. The molecule has 0 N–H and O–H groups in total. The van der Waals surface area contributed by atoms with Crippen LogP contribution in [0, 0.1) is 60.2 Å². The van der Waals surface area contributed by atoms with Gasteiger partial charge >= 0.3 is 0 Å². The first kappa shape index (κ1) is 22.0. The summed E-state index contributed by atoms with van der Waals surface area (Å²) in [7, 11) is 0. The molecule has 0 amide bonds. The van der Waals surface area contributed by atoms with Crippen LogP contribution >= 0.6 is 0 Å². The Hall–Kier alpha value is -0.780. The van der Waals surface area contributed by atoms with Gasteiger partial charge < -0.3 is 0 Å². The predicted octanol–water partition coefficient (Wildman–Crippen LogP) is 9.40. The Morgan fingerprint density at radius 2 is 0.703 bits per heavy atom. The molecule has 12 fully saturated rings. The summed E-state index contributed by atoms with van der Waals surface area (Å²) in [5.74, 6) is 9.49. The highest BCUT2D eigenvalue weighted by atomic mass is 14.6. The lowest BCUT2D eigenvalue weighted by molar-refractivity contribution is -0.0245. The topological polar surface area (TPSA) is 0 Å². The zero-order valence-electron chi connectivity index (χ0n) is 23.6. The summed E-state index contributed by atoms with van der Waals surface area (Å²) in [6.07, 6.45) is 28.3. The molecule has 13 rings (SSSR count). The van der Waals surface area contributed by atoms with Gasteiger partial charge in [-0.2, -0.15) is 0 Å². The highest BCUT2D eigenvalue weighted by Gasteiger charge is 2.60. The molecule has 1 aromatic carbocycles. The van der Waals surface area contributed by atoms with E-state index in [1.54, 1.807) is 121 Å². The van der Waals surface area contributed by atoms with E-state index in [4.69, 9.17) is 0 Å². The Labute approximate surface area is 226 Å². The highest BCUT2D eigenvalue weighted by Crippen LogP contribution is 2.69. The summed E-state index contributed by atoms with van der Waals surface area (Å²) < 4.78 is 0. The van der Waals surface area contributed by atoms with E-state index in [2.05, 4.69) is 24.6 Å². The van der Waals surface area contributed by atoms with Gasteiger partial charge in [0, 0.05) is 0 Å². The van der Waals surface area contributed by atoms with Gasteiger partial charge in [0.1, 0.15) is 0 Å². The van der Waals surface area contributed by atoms with Crippen molar-refractivity contribution in [2.24, 2.45) is 53.3 Å². The first-order chi connectivity index (χ1) is 18.0. The quantitative estimate of drug-likeness (QED) is 0.392. The number of benzene rings is 1. The van der Waals surface area contributed by atoms with Gasteiger partial charge in [-0.15, -0.1) is 0 Å². The monoisotopic (exact) mass is 494 g/mol. The number of aryl methyl sites for hydroxylation is 1. The van der Waals surface area contributed by atoms with Crippen molar-refractivity contribution >= 4 is 0 Å². The minimum atomic E-state index is 0.551. The molecule has 12 bridgehead atoms. The lowest BCUT2D eigenvalue weighted by Gasteiger charge is -2.63. The molecule has 12 saturated carbocycles. The molecule has 12 aliphatic rings. The fraction of sp³-hybridized carbons (Fsp3) is 0.838. The van der Waals surface area contributed by atoms with E-state index in [0.717, 1.165) is 53.3 Å². The average molecular weight is 495 g/mol. The Bertz CT molecular complexity index is 1040. The molecule has 1 aromatic rings. The van der Waals surface area contributed by atoms with Gasteiger partial charge in [0.25, 0.3) is 0 Å². The molecule has 198 valence electrons. The van der Waals surface area contributed by atoms with Gasteiger partial charge in [-0.05, 0) is 214 Å². The molecule has 0 unspecified atom stereocenters. The molecule has 0 heteroatoms. The third-order valence-electron chi connectivity index (χ3n) is 15.2. The Morgan fingerprint density at radius 3 is 1.05 bits per heavy atom. The fourth-order valence-electron chi connectivity index (χ4n) is 15.7. The lowest BCUT2D eigenvalue weighted by Crippen LogP contribution is -2.55. The van der Waals surface area contributed by atoms with Crippen LogP contribution in [0.25, 0.3) is 0 Å². The van der Waals surface area contributed by atoms with Crippen LogP contribution in [0.15, 0.2) is 12.1 Å². The summed E-state index contributed by atoms with van der Waals surface area (Å²) in [5.41, 5.74) is 9.51. The first-order valence-corrected chi connectivity index (χ1v) is 17.1. The van der Waals surface area contributed by atoms with Crippen LogP contribution in [0.5, 0.6) is 0 Å². The van der Waals surface area contributed by atoms with E-state index >= 15 is 0 Å². The maximum Gasteiger partial charge on any atom is -0.00331 e. The van der Waals surface area contributed by atoms with Crippen LogP contribution < -0.4 is 0 Å². The van der Waals surface area contributed by atoms with Crippen molar-refractivity contribution in [2.45, 2.75) is 139 Å². The van der Waals surface area contributed by atoms with Crippen molar-refractivity contribution in [2.75, 3.05) is 0 Å². The van der Waals surface area contributed by atoms with Crippen molar-refractivity contribution in [3.05, 3.63) is 34.4 Å². The highest BCUT2D eigenvalue weighted by molar-refractivity contribution is 5.55. The maximum absolute atomic E-state index is 2.81. The van der Waals surface area contributed by atoms with Crippen molar-refractivity contribution in [3.63, 3.8) is 0 Å². The molecule has 0 nitrogen and oxygen atoms in total. The minimum absolute atomic E-state index is 0.551. The number of hydrogen-bond acceptors (Lipinski definition) is 0. The lowest BCUT2D eigenvalue weighted by atomic mass is 9.41. The second-order valence-corrected chi connectivity index (χ2v) is 17.8. The normalized spacial score (nSPS) is 56.0. The van der Waals surface area contributed by atoms with Gasteiger partial charge in [-0.1, -0.05) is 12.1 Å². The molecule has 12 aliphatic carbocycles. The van der Waals surface area contributed by atoms with E-state index in [9.17, 15) is 0 Å². The fourth-order valence-corrected chi connectivity index (χ4v) is 15.7. The summed E-state index contributed by atoms with van der Waals surface area (Å²) in [6.45, 7) is 2.58.